The molecular weight excluding hydrogens is 658 g/mol. The van der Waals surface area contributed by atoms with Gasteiger partial charge in [-0.15, -0.1) is 11.3 Å². The minimum atomic E-state index is -0.537. The van der Waals surface area contributed by atoms with E-state index < -0.39 is 5.91 Å². The second-order valence-electron chi connectivity index (χ2n) is 7.88. The van der Waals surface area contributed by atoms with Gasteiger partial charge >= 0.3 is 0 Å². The number of anilines is 1. The van der Waals surface area contributed by atoms with E-state index in [1.54, 1.807) is 12.1 Å². The first-order valence-electron chi connectivity index (χ1n) is 10.7. The lowest BCUT2D eigenvalue weighted by Gasteiger charge is -2.12. The summed E-state index contributed by atoms with van der Waals surface area (Å²) in [6, 6.07) is 15.6. The van der Waals surface area contributed by atoms with Crippen LogP contribution in [0.3, 0.4) is 0 Å². The molecule has 0 saturated carbocycles. The number of nitriles is 2. The highest BCUT2D eigenvalue weighted by Crippen LogP contribution is 2.38. The molecule has 0 unspecified atom stereocenters. The summed E-state index contributed by atoms with van der Waals surface area (Å²) in [5.74, 6) is 0.0845. The van der Waals surface area contributed by atoms with E-state index in [2.05, 4.69) is 59.2 Å². The van der Waals surface area contributed by atoms with Crippen LogP contribution in [0, 0.1) is 22.7 Å². The van der Waals surface area contributed by atoms with E-state index in [0.717, 1.165) is 46.2 Å². The van der Waals surface area contributed by atoms with Gasteiger partial charge in [-0.1, -0.05) is 28.1 Å². The fraction of sp³-hybridized carbons (Fsp3) is 0.192. The third-order valence-corrected chi connectivity index (χ3v) is 8.42. The molecule has 3 aromatic rings. The van der Waals surface area contributed by atoms with Crippen molar-refractivity contribution in [2.75, 3.05) is 5.32 Å². The van der Waals surface area contributed by atoms with Gasteiger partial charge in [0.05, 0.1) is 14.5 Å². The van der Waals surface area contributed by atoms with Gasteiger partial charge in [0.25, 0.3) is 5.91 Å². The number of hydrogen-bond donors (Lipinski definition) is 1. The first-order chi connectivity index (χ1) is 16.9. The number of amides is 1. The van der Waals surface area contributed by atoms with E-state index in [0.29, 0.717) is 37.4 Å². The van der Waals surface area contributed by atoms with Crippen molar-refractivity contribution in [1.29, 1.82) is 10.5 Å². The van der Waals surface area contributed by atoms with Crippen molar-refractivity contribution in [2.45, 2.75) is 32.3 Å². The Balaban J connectivity index is 1.52. The topological polar surface area (TPSA) is 85.9 Å². The van der Waals surface area contributed by atoms with Crippen LogP contribution in [0.4, 0.5) is 5.00 Å². The predicted molar refractivity (Wildman–Crippen MR) is 148 cm³/mol. The number of nitrogens with one attached hydrogen (secondary N) is 1. The number of carbonyl (C=O) groups excluding carboxylic acids is 1. The molecule has 4 rings (SSSR count). The molecule has 0 bridgehead atoms. The van der Waals surface area contributed by atoms with Crippen LogP contribution in [0.2, 0.25) is 0 Å². The van der Waals surface area contributed by atoms with Gasteiger partial charge in [0.15, 0.2) is 0 Å². The molecule has 2 aromatic carbocycles. The first-order valence-corrected chi connectivity index (χ1v) is 13.9. The number of carbonyl (C=O) groups is 1. The van der Waals surface area contributed by atoms with Gasteiger partial charge < -0.3 is 10.1 Å². The van der Waals surface area contributed by atoms with Crippen LogP contribution in [0.25, 0.3) is 6.08 Å². The zero-order chi connectivity index (χ0) is 24.9. The molecule has 1 N–H and O–H groups in total. The molecule has 0 fully saturated rings. The molecule has 0 radical (unpaired) electrons. The van der Waals surface area contributed by atoms with E-state index in [-0.39, 0.29) is 5.57 Å². The molecule has 0 saturated heterocycles. The molecule has 1 aromatic heterocycles. The van der Waals surface area contributed by atoms with Crippen molar-refractivity contribution in [1.82, 2.24) is 0 Å². The number of thiophene rings is 1. The highest BCUT2D eigenvalue weighted by atomic mass is 79.9. The number of nitrogens with zero attached hydrogens (tertiary/aromatic N) is 2. The Bertz CT molecular complexity index is 1380. The second kappa shape index (κ2) is 11.5. The number of hydrogen-bond acceptors (Lipinski definition) is 5. The van der Waals surface area contributed by atoms with Gasteiger partial charge in [0.1, 0.15) is 35.1 Å². The molecule has 1 aliphatic carbocycles. The van der Waals surface area contributed by atoms with Gasteiger partial charge in [0, 0.05) is 9.35 Å². The van der Waals surface area contributed by atoms with Gasteiger partial charge in [-0.3, -0.25) is 4.79 Å². The average Bonchev–Trinajstić information content (AvgIpc) is 3.19. The van der Waals surface area contributed by atoms with Crippen LogP contribution in [-0.2, 0) is 24.2 Å². The highest BCUT2D eigenvalue weighted by molar-refractivity contribution is 9.11. The van der Waals surface area contributed by atoms with E-state index in [1.165, 1.54) is 17.4 Å². The van der Waals surface area contributed by atoms with E-state index in [4.69, 9.17) is 4.74 Å². The second-order valence-corrected chi connectivity index (χ2v) is 11.6. The Morgan fingerprint density at radius 2 is 1.77 bits per heavy atom. The van der Waals surface area contributed by atoms with Crippen LogP contribution < -0.4 is 10.1 Å². The zero-order valence-corrected chi connectivity index (χ0v) is 23.9. The number of ether oxygens (including phenoxy) is 1. The summed E-state index contributed by atoms with van der Waals surface area (Å²) in [6.07, 6.45) is 5.42. The molecule has 35 heavy (non-hydrogen) atoms. The maximum atomic E-state index is 12.9. The Morgan fingerprint density at radius 3 is 2.43 bits per heavy atom. The van der Waals surface area contributed by atoms with Crippen molar-refractivity contribution in [3.05, 3.63) is 82.5 Å². The minimum Gasteiger partial charge on any atom is -0.487 e. The highest BCUT2D eigenvalue weighted by Gasteiger charge is 2.23. The molecule has 5 nitrogen and oxygen atoms in total. The van der Waals surface area contributed by atoms with Crippen LogP contribution >= 0.6 is 59.1 Å². The maximum absolute atomic E-state index is 12.9. The number of fused-ring (bicyclic) bond motifs is 1. The molecule has 0 spiro atoms. The van der Waals surface area contributed by atoms with Crippen molar-refractivity contribution < 1.29 is 9.53 Å². The summed E-state index contributed by atoms with van der Waals surface area (Å²) in [6.45, 7) is 0.386. The molecule has 0 atom stereocenters. The van der Waals surface area contributed by atoms with Crippen molar-refractivity contribution in [2.24, 2.45) is 0 Å². The Kier molecular flexibility index (Phi) is 8.46. The lowest BCUT2D eigenvalue weighted by Crippen LogP contribution is -2.13. The monoisotopic (exact) mass is 673 g/mol. The molecule has 176 valence electrons. The maximum Gasteiger partial charge on any atom is 0.266 e. The average molecular weight is 676 g/mol. The molecule has 1 amide bonds. The lowest BCUT2D eigenvalue weighted by molar-refractivity contribution is -0.112. The number of benzene rings is 2. The predicted octanol–water partition coefficient (Wildman–Crippen LogP) is 7.91. The summed E-state index contributed by atoms with van der Waals surface area (Å²) < 4.78 is 8.34. The van der Waals surface area contributed by atoms with Gasteiger partial charge in [-0.25, -0.2) is 0 Å². The Hall–Kier alpha value is -2.43. The van der Waals surface area contributed by atoms with E-state index >= 15 is 0 Å². The largest absolute Gasteiger partial charge is 0.487 e. The summed E-state index contributed by atoms with van der Waals surface area (Å²) in [4.78, 5) is 14.0. The number of halogens is 3. The summed E-state index contributed by atoms with van der Waals surface area (Å²) in [5.41, 5.74) is 3.17. The van der Waals surface area contributed by atoms with Crippen molar-refractivity contribution >= 4 is 76.1 Å². The molecule has 9 heteroatoms. The van der Waals surface area contributed by atoms with Crippen molar-refractivity contribution in [3.63, 3.8) is 0 Å². The van der Waals surface area contributed by atoms with Crippen LogP contribution in [0.15, 0.2) is 55.4 Å². The number of rotatable bonds is 6. The normalized spacial score (nSPS) is 12.9. The van der Waals surface area contributed by atoms with Gasteiger partial charge in [0.2, 0.25) is 0 Å². The van der Waals surface area contributed by atoms with Crippen LogP contribution in [0.5, 0.6) is 5.75 Å². The van der Waals surface area contributed by atoms with Crippen LogP contribution in [-0.4, -0.2) is 5.91 Å². The summed E-state index contributed by atoms with van der Waals surface area (Å²) >= 11 is 11.9. The third kappa shape index (κ3) is 6.05. The summed E-state index contributed by atoms with van der Waals surface area (Å²) in [5, 5.41) is 22.6. The van der Waals surface area contributed by atoms with Crippen LogP contribution in [0.1, 0.15) is 40.0 Å². The standard InChI is InChI=1S/C26H18Br3N3O2S/c27-18-7-5-15(6-8-18)14-34-24-21(28)10-16(11-22(24)29)9-17(12-30)25(33)32-26-20(13-31)19-3-1-2-4-23(19)35-26/h5-11H,1-4,14H2,(H,32,33)/b17-9+. The summed E-state index contributed by atoms with van der Waals surface area (Å²) in [7, 11) is 0. The number of aryl methyl sites for hydroxylation is 1. The fourth-order valence-electron chi connectivity index (χ4n) is 3.79. The molecule has 1 heterocycles. The third-order valence-electron chi connectivity index (χ3n) is 5.50. The Labute approximate surface area is 232 Å². The first kappa shape index (κ1) is 25.7. The molecule has 1 aliphatic rings. The van der Waals surface area contributed by atoms with E-state index in [1.807, 2.05) is 30.3 Å². The van der Waals surface area contributed by atoms with Crippen molar-refractivity contribution in [3.8, 4) is 17.9 Å². The smallest absolute Gasteiger partial charge is 0.266 e. The quantitative estimate of drug-likeness (QED) is 0.213. The Morgan fingerprint density at radius 1 is 1.09 bits per heavy atom. The molecular formula is C26H18Br3N3O2S. The lowest BCUT2D eigenvalue weighted by atomic mass is 9.96. The minimum absolute atomic E-state index is 0.0532. The SMILES string of the molecule is N#C/C(=C\c1cc(Br)c(OCc2ccc(Br)cc2)c(Br)c1)C(=O)Nc1sc2c(c1C#N)CCCC2. The molecule has 0 aliphatic heterocycles. The van der Waals surface area contributed by atoms with E-state index in [9.17, 15) is 15.3 Å². The fourth-order valence-corrected chi connectivity index (χ4v) is 6.74. The van der Waals surface area contributed by atoms with Gasteiger partial charge in [-0.05, 0) is 105 Å². The zero-order valence-electron chi connectivity index (χ0n) is 18.3. The van der Waals surface area contributed by atoms with Gasteiger partial charge in [-0.2, -0.15) is 10.5 Å².